The molecule has 0 aliphatic carbocycles. The lowest BCUT2D eigenvalue weighted by molar-refractivity contribution is -0.138. The topological polar surface area (TPSA) is 67.8 Å². The van der Waals surface area contributed by atoms with Crippen molar-refractivity contribution in [1.82, 2.24) is 5.32 Å². The molecule has 1 rings (SSSR count). The van der Waals surface area contributed by atoms with Crippen molar-refractivity contribution in [2.75, 3.05) is 6.61 Å². The van der Waals surface area contributed by atoms with Crippen LogP contribution >= 0.6 is 0 Å². The molecule has 1 heterocycles. The summed E-state index contributed by atoms with van der Waals surface area (Å²) in [4.78, 5) is 29.9. The minimum absolute atomic E-state index is 0.0225. The molecule has 1 aliphatic heterocycles. The Bertz CT molecular complexity index is 537. The number of esters is 1. The Kier molecular flexibility index (Phi) is 8.87. The van der Waals surface area contributed by atoms with Gasteiger partial charge in [0.15, 0.2) is 0 Å². The van der Waals surface area contributed by atoms with Crippen LogP contribution < -0.4 is 5.32 Å². The van der Waals surface area contributed by atoms with Crippen LogP contribution in [0.25, 0.3) is 0 Å². The van der Waals surface area contributed by atoms with Crippen LogP contribution in [0, 0.1) is 0 Å². The fourth-order valence-corrected chi connectivity index (χ4v) is 3.37. The van der Waals surface area contributed by atoms with E-state index in [1.165, 1.54) is 0 Å². The number of amidine groups is 1. The summed E-state index contributed by atoms with van der Waals surface area (Å²) in [6, 6.07) is 0. The zero-order chi connectivity index (χ0) is 18.9. The molecule has 0 saturated heterocycles. The molecule has 5 heteroatoms. The zero-order valence-corrected chi connectivity index (χ0v) is 16.5. The lowest BCUT2D eigenvalue weighted by atomic mass is 9.88. The van der Waals surface area contributed by atoms with Crippen LogP contribution in [0.2, 0.25) is 0 Å². The average molecular weight is 351 g/mol. The van der Waals surface area contributed by atoms with Gasteiger partial charge in [0.05, 0.1) is 6.61 Å². The smallest absolute Gasteiger partial charge is 0.334 e. The van der Waals surface area contributed by atoms with Gasteiger partial charge < -0.3 is 10.1 Å². The summed E-state index contributed by atoms with van der Waals surface area (Å²) in [6.07, 6.45) is 6.55. The largest absolute Gasteiger partial charge is 0.463 e. The molecular weight excluding hydrogens is 316 g/mol. The van der Waals surface area contributed by atoms with E-state index in [4.69, 9.17) is 9.73 Å². The molecule has 0 radical (unpaired) electrons. The van der Waals surface area contributed by atoms with Crippen LogP contribution in [0.5, 0.6) is 0 Å². The molecule has 0 aromatic heterocycles. The molecule has 0 fully saturated rings. The first-order chi connectivity index (χ1) is 12.0. The van der Waals surface area contributed by atoms with Gasteiger partial charge in [-0.15, -0.1) is 0 Å². The first-order valence-corrected chi connectivity index (χ1v) is 9.80. The van der Waals surface area contributed by atoms with Crippen molar-refractivity contribution in [2.24, 2.45) is 4.99 Å². The maximum atomic E-state index is 12.8. The second kappa shape index (κ2) is 10.4. The number of carbonyl (C=O) groups is 2. The van der Waals surface area contributed by atoms with Crippen molar-refractivity contribution in [3.05, 3.63) is 11.1 Å². The minimum Gasteiger partial charge on any atom is -0.463 e. The van der Waals surface area contributed by atoms with Gasteiger partial charge in [-0.1, -0.05) is 53.4 Å². The first-order valence-electron chi connectivity index (χ1n) is 9.80. The molecule has 0 saturated carbocycles. The van der Waals surface area contributed by atoms with Gasteiger partial charge in [0.25, 0.3) is 5.91 Å². The van der Waals surface area contributed by atoms with E-state index in [1.807, 2.05) is 6.92 Å². The Morgan fingerprint density at radius 1 is 1.08 bits per heavy atom. The predicted octanol–water partition coefficient (Wildman–Crippen LogP) is 4.31. The van der Waals surface area contributed by atoms with Crippen molar-refractivity contribution in [1.29, 1.82) is 0 Å². The lowest BCUT2D eigenvalue weighted by Gasteiger charge is -2.22. The molecule has 5 nitrogen and oxygen atoms in total. The number of carbonyl (C=O) groups excluding carboxylic acids is 2. The average Bonchev–Trinajstić information content (AvgIpc) is 2.90. The Morgan fingerprint density at radius 2 is 1.80 bits per heavy atom. The monoisotopic (exact) mass is 350 g/mol. The van der Waals surface area contributed by atoms with Gasteiger partial charge in [-0.05, 0) is 32.6 Å². The van der Waals surface area contributed by atoms with Crippen molar-refractivity contribution in [3.63, 3.8) is 0 Å². The fraction of sp³-hybridized carbons (Fsp3) is 0.750. The van der Waals surface area contributed by atoms with E-state index in [2.05, 4.69) is 26.1 Å². The molecule has 0 bridgehead atoms. The highest BCUT2D eigenvalue weighted by molar-refractivity contribution is 6.17. The van der Waals surface area contributed by atoms with Gasteiger partial charge in [-0.3, -0.25) is 9.79 Å². The van der Waals surface area contributed by atoms with Gasteiger partial charge in [-0.2, -0.15) is 0 Å². The molecule has 25 heavy (non-hydrogen) atoms. The number of nitrogens with one attached hydrogen (secondary N) is 1. The van der Waals surface area contributed by atoms with E-state index in [9.17, 15) is 9.59 Å². The third kappa shape index (κ3) is 5.16. The quantitative estimate of drug-likeness (QED) is 0.446. The number of nitrogens with zero attached hydrogens (tertiary/aromatic N) is 1. The van der Waals surface area contributed by atoms with Crippen molar-refractivity contribution in [3.8, 4) is 0 Å². The third-order valence-electron chi connectivity index (χ3n) is 4.61. The lowest BCUT2D eigenvalue weighted by Crippen LogP contribution is -2.40. The molecule has 0 aromatic rings. The molecule has 1 atom stereocenters. The highest BCUT2D eigenvalue weighted by Crippen LogP contribution is 2.32. The van der Waals surface area contributed by atoms with E-state index in [-0.39, 0.29) is 11.9 Å². The molecule has 1 amide bonds. The molecule has 0 spiro atoms. The van der Waals surface area contributed by atoms with E-state index in [0.29, 0.717) is 30.9 Å². The number of hydrogen-bond donors (Lipinski definition) is 1. The summed E-state index contributed by atoms with van der Waals surface area (Å²) in [5.74, 6) is 0.263. The van der Waals surface area contributed by atoms with Crippen molar-refractivity contribution < 1.29 is 14.3 Å². The van der Waals surface area contributed by atoms with E-state index < -0.39 is 5.54 Å². The highest BCUT2D eigenvalue weighted by atomic mass is 16.5. The maximum Gasteiger partial charge on any atom is 0.334 e. The maximum absolute atomic E-state index is 12.8. The summed E-state index contributed by atoms with van der Waals surface area (Å²) >= 11 is 0. The van der Waals surface area contributed by atoms with E-state index in [0.717, 1.165) is 44.1 Å². The van der Waals surface area contributed by atoms with E-state index in [1.54, 1.807) is 6.92 Å². The van der Waals surface area contributed by atoms with Gasteiger partial charge >= 0.3 is 5.97 Å². The number of aliphatic imine (C=N–C) groups is 1. The minimum atomic E-state index is -0.674. The summed E-state index contributed by atoms with van der Waals surface area (Å²) < 4.78 is 5.21. The summed E-state index contributed by atoms with van der Waals surface area (Å²) in [7, 11) is 0. The zero-order valence-electron chi connectivity index (χ0n) is 16.5. The number of rotatable bonds is 11. The Labute approximate surface area is 152 Å². The van der Waals surface area contributed by atoms with Crippen LogP contribution in [-0.4, -0.2) is 29.9 Å². The third-order valence-corrected chi connectivity index (χ3v) is 4.61. The Hall–Kier alpha value is -1.65. The van der Waals surface area contributed by atoms with Crippen LogP contribution in [0.1, 0.15) is 86.0 Å². The van der Waals surface area contributed by atoms with Crippen LogP contribution in [0.3, 0.4) is 0 Å². The molecule has 1 aliphatic rings. The highest BCUT2D eigenvalue weighted by Gasteiger charge is 2.43. The predicted molar refractivity (Wildman–Crippen MR) is 102 cm³/mol. The van der Waals surface area contributed by atoms with Crippen LogP contribution in [0.15, 0.2) is 16.1 Å². The Balaban J connectivity index is 3.32. The van der Waals surface area contributed by atoms with Crippen molar-refractivity contribution >= 4 is 17.7 Å². The van der Waals surface area contributed by atoms with Crippen molar-refractivity contribution in [2.45, 2.75) is 91.5 Å². The molecule has 1 unspecified atom stereocenters. The molecule has 0 aromatic carbocycles. The summed E-state index contributed by atoms with van der Waals surface area (Å²) in [5, 5.41) is 2.98. The number of unbranched alkanes of at least 4 members (excludes halogenated alkanes) is 1. The van der Waals surface area contributed by atoms with Gasteiger partial charge in [0, 0.05) is 11.1 Å². The molecule has 142 valence electrons. The fourth-order valence-electron chi connectivity index (χ4n) is 3.37. The number of ether oxygens (including phenoxy) is 1. The second-order valence-corrected chi connectivity index (χ2v) is 6.58. The van der Waals surface area contributed by atoms with E-state index >= 15 is 0 Å². The van der Waals surface area contributed by atoms with Gasteiger partial charge in [0.2, 0.25) is 0 Å². The normalized spacial score (nSPS) is 20.8. The van der Waals surface area contributed by atoms with Gasteiger partial charge in [-0.25, -0.2) is 4.79 Å². The SMILES string of the molecule is CCCCC1(CCC)N=C(C(CCC)=C(CC)C(=O)OCC)NC1=O. The van der Waals surface area contributed by atoms with Gasteiger partial charge in [0.1, 0.15) is 11.4 Å². The standard InChI is InChI=1S/C20H34N2O3/c1-6-11-14-20(13-8-3)19(24)21-17(22-20)16(12-7-2)15(9-4)18(23)25-10-5/h6-14H2,1-5H3,(H,21,22,24). The van der Waals surface area contributed by atoms with Crippen LogP contribution in [0.4, 0.5) is 0 Å². The number of hydrogen-bond acceptors (Lipinski definition) is 4. The molecular formula is C20H34N2O3. The number of amides is 1. The van der Waals surface area contributed by atoms with Crippen LogP contribution in [-0.2, 0) is 14.3 Å². The Morgan fingerprint density at radius 3 is 2.32 bits per heavy atom. The summed E-state index contributed by atoms with van der Waals surface area (Å²) in [5.41, 5.74) is 0.795. The summed E-state index contributed by atoms with van der Waals surface area (Å²) in [6.45, 7) is 10.3. The second-order valence-electron chi connectivity index (χ2n) is 6.58. The molecule has 1 N–H and O–H groups in total. The first kappa shape index (κ1) is 21.4.